The largest absolute Gasteiger partial charge is 0.416 e. The van der Waals surface area contributed by atoms with Crippen LogP contribution in [0.1, 0.15) is 34.3 Å². The van der Waals surface area contributed by atoms with Gasteiger partial charge in [0, 0.05) is 22.9 Å². The van der Waals surface area contributed by atoms with Crippen molar-refractivity contribution < 1.29 is 22.8 Å². The molecule has 0 radical (unpaired) electrons. The highest BCUT2D eigenvalue weighted by atomic mass is 35.5. The molecule has 0 aliphatic carbocycles. The van der Waals surface area contributed by atoms with Crippen LogP contribution >= 0.6 is 11.6 Å². The fourth-order valence-corrected chi connectivity index (χ4v) is 4.17. The summed E-state index contributed by atoms with van der Waals surface area (Å²) in [5.41, 5.74) is 17.9. The maximum atomic E-state index is 12.9. The Hall–Kier alpha value is -2.82. The molecule has 1 amide bonds. The molecular formula is C23H27ClF3N5O2. The van der Waals surface area contributed by atoms with Crippen LogP contribution < -0.4 is 22.5 Å². The summed E-state index contributed by atoms with van der Waals surface area (Å²) in [5, 5.41) is 2.92. The maximum Gasteiger partial charge on any atom is 0.416 e. The summed E-state index contributed by atoms with van der Waals surface area (Å²) in [5.74, 6) is -1.32. The molecule has 0 bridgehead atoms. The second kappa shape index (κ2) is 10.6. The monoisotopic (exact) mass is 497 g/mol. The number of hydrogen-bond donors (Lipinski definition) is 4. The van der Waals surface area contributed by atoms with Gasteiger partial charge >= 0.3 is 6.18 Å². The Kier molecular flexibility index (Phi) is 8.06. The van der Waals surface area contributed by atoms with E-state index in [0.29, 0.717) is 36.2 Å². The number of nitrogen functional groups attached to an aromatic ring is 2. The summed E-state index contributed by atoms with van der Waals surface area (Å²) in [4.78, 5) is 27.1. The minimum atomic E-state index is -4.62. The van der Waals surface area contributed by atoms with Crippen molar-refractivity contribution in [2.75, 3.05) is 31.1 Å². The Labute approximate surface area is 200 Å². The van der Waals surface area contributed by atoms with Crippen molar-refractivity contribution >= 4 is 34.7 Å². The van der Waals surface area contributed by atoms with E-state index in [4.69, 9.17) is 28.8 Å². The van der Waals surface area contributed by atoms with Gasteiger partial charge in [-0.1, -0.05) is 17.7 Å². The van der Waals surface area contributed by atoms with Crippen LogP contribution in [0, 0.1) is 5.92 Å². The lowest BCUT2D eigenvalue weighted by molar-refractivity contribution is -0.137. The third-order valence-electron chi connectivity index (χ3n) is 6.06. The summed E-state index contributed by atoms with van der Waals surface area (Å²) < 4.78 is 38.7. The van der Waals surface area contributed by atoms with E-state index in [9.17, 15) is 22.8 Å². The Bertz CT molecular complexity index is 1060. The first-order chi connectivity index (χ1) is 16.0. The van der Waals surface area contributed by atoms with Crippen LogP contribution in [0.5, 0.6) is 0 Å². The zero-order valence-corrected chi connectivity index (χ0v) is 19.1. The average Bonchev–Trinajstić information content (AvgIpc) is 2.78. The number of nitrogens with one attached hydrogen (secondary N) is 1. The number of nitrogens with two attached hydrogens (primary N) is 3. The predicted molar refractivity (Wildman–Crippen MR) is 125 cm³/mol. The van der Waals surface area contributed by atoms with Gasteiger partial charge in [-0.25, -0.2) is 0 Å². The summed E-state index contributed by atoms with van der Waals surface area (Å²) in [7, 11) is 0. The lowest BCUT2D eigenvalue weighted by Gasteiger charge is -2.34. The number of nitrogens with zero attached hydrogens (tertiary/aromatic N) is 1. The molecule has 1 aliphatic heterocycles. The fraction of sp³-hybridized carbons (Fsp3) is 0.391. The van der Waals surface area contributed by atoms with E-state index in [-0.39, 0.29) is 23.0 Å². The average molecular weight is 498 g/mol. The van der Waals surface area contributed by atoms with Gasteiger partial charge in [0.1, 0.15) is 0 Å². The van der Waals surface area contributed by atoms with Crippen molar-refractivity contribution in [1.29, 1.82) is 0 Å². The zero-order chi connectivity index (χ0) is 25.0. The highest BCUT2D eigenvalue weighted by Gasteiger charge is 2.32. The molecule has 2 aromatic rings. The number of anilines is 2. The van der Waals surface area contributed by atoms with Crippen molar-refractivity contribution in [2.24, 2.45) is 11.7 Å². The predicted octanol–water partition coefficient (Wildman–Crippen LogP) is 3.06. The quantitative estimate of drug-likeness (QED) is 0.435. The van der Waals surface area contributed by atoms with E-state index in [0.717, 1.165) is 30.8 Å². The van der Waals surface area contributed by atoms with Gasteiger partial charge in [0.15, 0.2) is 5.78 Å². The molecule has 1 atom stereocenters. The van der Waals surface area contributed by atoms with Crippen molar-refractivity contribution in [3.05, 3.63) is 58.1 Å². The number of hydrogen-bond acceptors (Lipinski definition) is 6. The number of carbonyl (C=O) groups is 2. The van der Waals surface area contributed by atoms with E-state index in [1.165, 1.54) is 0 Å². The molecule has 11 heteroatoms. The summed E-state index contributed by atoms with van der Waals surface area (Å²) in [6, 6.07) is 7.06. The number of carbonyl (C=O) groups excluding carboxylic acids is 2. The molecule has 2 aromatic carbocycles. The Morgan fingerprint density at radius 2 is 1.76 bits per heavy atom. The smallest absolute Gasteiger partial charge is 0.398 e. The minimum absolute atomic E-state index is 0.0677. The molecule has 0 aromatic heterocycles. The van der Waals surface area contributed by atoms with Crippen molar-refractivity contribution in [2.45, 2.75) is 31.6 Å². The molecule has 1 saturated heterocycles. The van der Waals surface area contributed by atoms with E-state index in [1.807, 2.05) is 6.07 Å². The fourth-order valence-electron chi connectivity index (χ4n) is 3.99. The number of amides is 1. The number of benzene rings is 2. The van der Waals surface area contributed by atoms with E-state index in [2.05, 4.69) is 10.2 Å². The standard InChI is InChI=1S/C23H27ClF3N5O2/c24-16-3-1-14(19(29)10-16)12-32-7-5-13(6-8-32)21(30)20(33)11-31-22(34)17-9-15(23(25,26)27)2-4-18(17)28/h1-4,9-10,13,21H,5-8,11-12,28-30H2,(H,31,34). The third-order valence-corrected chi connectivity index (χ3v) is 6.30. The second-order valence-electron chi connectivity index (χ2n) is 8.43. The van der Waals surface area contributed by atoms with Crippen LogP contribution in [0.4, 0.5) is 24.5 Å². The van der Waals surface area contributed by atoms with Crippen LogP contribution in [0.15, 0.2) is 36.4 Å². The van der Waals surface area contributed by atoms with Crippen LogP contribution in [0.3, 0.4) is 0 Å². The van der Waals surface area contributed by atoms with Gasteiger partial charge in [-0.3, -0.25) is 14.5 Å². The van der Waals surface area contributed by atoms with Gasteiger partial charge < -0.3 is 22.5 Å². The highest BCUT2D eigenvalue weighted by Crippen LogP contribution is 2.31. The highest BCUT2D eigenvalue weighted by molar-refractivity contribution is 6.30. The molecule has 3 rings (SSSR count). The number of Topliss-reactive ketones (excluding diaryl/α,β-unsaturated/α-hetero) is 1. The third kappa shape index (κ3) is 6.40. The number of halogens is 4. The summed E-state index contributed by atoms with van der Waals surface area (Å²) >= 11 is 5.94. The molecule has 0 spiro atoms. The van der Waals surface area contributed by atoms with Crippen LogP contribution in [0.2, 0.25) is 5.02 Å². The van der Waals surface area contributed by atoms with E-state index >= 15 is 0 Å². The molecule has 34 heavy (non-hydrogen) atoms. The zero-order valence-electron chi connectivity index (χ0n) is 18.4. The molecule has 184 valence electrons. The topological polar surface area (TPSA) is 127 Å². The van der Waals surface area contributed by atoms with Crippen molar-refractivity contribution in [3.8, 4) is 0 Å². The molecule has 1 heterocycles. The number of alkyl halides is 3. The summed E-state index contributed by atoms with van der Waals surface area (Å²) in [6.45, 7) is 1.71. The SMILES string of the molecule is Nc1cc(Cl)ccc1CN1CCC(C(N)C(=O)CNC(=O)c2cc(C(F)(F)F)ccc2N)CC1. The number of rotatable bonds is 7. The first kappa shape index (κ1) is 25.8. The Morgan fingerprint density at radius 3 is 2.38 bits per heavy atom. The Morgan fingerprint density at radius 1 is 1.09 bits per heavy atom. The molecule has 7 nitrogen and oxygen atoms in total. The minimum Gasteiger partial charge on any atom is -0.398 e. The van der Waals surface area contributed by atoms with Crippen LogP contribution in [0.25, 0.3) is 0 Å². The van der Waals surface area contributed by atoms with Crippen molar-refractivity contribution in [1.82, 2.24) is 10.2 Å². The van der Waals surface area contributed by atoms with Gasteiger partial charge in [0.2, 0.25) is 0 Å². The first-order valence-corrected chi connectivity index (χ1v) is 11.1. The first-order valence-electron chi connectivity index (χ1n) is 10.7. The van der Waals surface area contributed by atoms with Gasteiger partial charge in [-0.05, 0) is 67.7 Å². The number of likely N-dealkylation sites (tertiary alicyclic amines) is 1. The maximum absolute atomic E-state index is 12.9. The molecule has 1 unspecified atom stereocenters. The van der Waals surface area contributed by atoms with E-state index in [1.54, 1.807) is 12.1 Å². The molecular weight excluding hydrogens is 471 g/mol. The normalized spacial score (nSPS) is 16.3. The summed E-state index contributed by atoms with van der Waals surface area (Å²) in [6.07, 6.45) is -3.24. The molecule has 7 N–H and O–H groups in total. The Balaban J connectivity index is 1.50. The van der Waals surface area contributed by atoms with Crippen LogP contribution in [-0.2, 0) is 17.5 Å². The molecule has 1 aliphatic rings. The second-order valence-corrected chi connectivity index (χ2v) is 8.87. The van der Waals surface area contributed by atoms with Gasteiger partial charge in [0.05, 0.1) is 23.7 Å². The lowest BCUT2D eigenvalue weighted by Crippen LogP contribution is -2.47. The number of piperidine rings is 1. The van der Waals surface area contributed by atoms with Gasteiger partial charge in [-0.2, -0.15) is 13.2 Å². The van der Waals surface area contributed by atoms with Crippen molar-refractivity contribution in [3.63, 3.8) is 0 Å². The van der Waals surface area contributed by atoms with E-state index < -0.39 is 30.2 Å². The van der Waals surface area contributed by atoms with Gasteiger partial charge in [0.25, 0.3) is 5.91 Å². The molecule has 1 fully saturated rings. The van der Waals surface area contributed by atoms with Gasteiger partial charge in [-0.15, -0.1) is 0 Å². The lowest BCUT2D eigenvalue weighted by atomic mass is 9.87. The van der Waals surface area contributed by atoms with Crippen LogP contribution in [-0.4, -0.2) is 42.3 Å². The molecule has 0 saturated carbocycles. The number of ketones is 1.